The molecule has 0 saturated carbocycles. The van der Waals surface area contributed by atoms with Gasteiger partial charge in [-0.2, -0.15) is 8.42 Å². The number of hydrogen-bond donors (Lipinski definition) is 6. The highest BCUT2D eigenvalue weighted by Crippen LogP contribution is 2.26. The largest absolute Gasteiger partial charge is 0.397 e. The maximum atomic E-state index is 13.1. The third-order valence-electron chi connectivity index (χ3n) is 12.3. The molecule has 6 N–H and O–H groups in total. The fourth-order valence-corrected chi connectivity index (χ4v) is 8.85. The summed E-state index contributed by atoms with van der Waals surface area (Å²) in [5.41, 5.74) is 0. The SMILES string of the molecule is CCCCCCCCCCCCCC/C=C/C(O)C(COC1OC(CO)C(O)C(OS(=O)(=O)O)C1O)NC(=O)CCCCCCCCCCCCCCCCCCCCCCC. The van der Waals surface area contributed by atoms with Gasteiger partial charge in [-0.25, -0.2) is 4.18 Å². The first-order valence-electron chi connectivity index (χ1n) is 25.6. The number of ether oxygens (including phenoxy) is 2. The molecule has 1 rings (SSSR count). The van der Waals surface area contributed by atoms with E-state index >= 15 is 0 Å². The van der Waals surface area contributed by atoms with Crippen LogP contribution in [0.4, 0.5) is 0 Å². The zero-order chi connectivity index (χ0) is 45.5. The van der Waals surface area contributed by atoms with E-state index in [0.29, 0.717) is 6.42 Å². The Kier molecular flexibility index (Phi) is 38.1. The van der Waals surface area contributed by atoms with E-state index in [2.05, 4.69) is 23.3 Å². The zero-order valence-corrected chi connectivity index (χ0v) is 40.3. The van der Waals surface area contributed by atoms with Crippen molar-refractivity contribution >= 4 is 16.3 Å². The summed E-state index contributed by atoms with van der Waals surface area (Å²) < 4.78 is 47.7. The average molecular weight is 906 g/mol. The fraction of sp³-hybridized carbons (Fsp3) is 0.939. The first-order chi connectivity index (χ1) is 30.0. The first kappa shape index (κ1) is 58.9. The van der Waals surface area contributed by atoms with E-state index in [1.165, 1.54) is 173 Å². The number of aliphatic hydroxyl groups excluding tert-OH is 4. The van der Waals surface area contributed by atoms with E-state index in [9.17, 15) is 38.2 Å². The number of amides is 1. The predicted molar refractivity (Wildman–Crippen MR) is 250 cm³/mol. The molecule has 0 aromatic heterocycles. The summed E-state index contributed by atoms with van der Waals surface area (Å²) in [7, 11) is -5.08. The van der Waals surface area contributed by atoms with Crippen LogP contribution < -0.4 is 5.32 Å². The lowest BCUT2D eigenvalue weighted by atomic mass is 9.99. The van der Waals surface area contributed by atoms with Gasteiger partial charge in [-0.1, -0.05) is 225 Å². The summed E-state index contributed by atoms with van der Waals surface area (Å²) in [6.07, 6.45) is 36.8. The van der Waals surface area contributed by atoms with Crippen molar-refractivity contribution in [1.82, 2.24) is 5.32 Å². The number of carbonyl (C=O) groups excluding carboxylic acids is 1. The summed E-state index contributed by atoms with van der Waals surface area (Å²) in [5, 5.41) is 44.8. The van der Waals surface area contributed by atoms with Gasteiger partial charge in [0.15, 0.2) is 6.29 Å². The van der Waals surface area contributed by atoms with Crippen LogP contribution in [0.25, 0.3) is 0 Å². The lowest BCUT2D eigenvalue weighted by Crippen LogP contribution is -2.61. The number of allylic oxidation sites excluding steroid dienone is 1. The Morgan fingerprint density at radius 3 is 1.40 bits per heavy atom. The minimum Gasteiger partial charge on any atom is -0.394 e. The van der Waals surface area contributed by atoms with Crippen LogP contribution >= 0.6 is 0 Å². The number of rotatable bonds is 44. The highest BCUT2D eigenvalue weighted by molar-refractivity contribution is 7.80. The van der Waals surface area contributed by atoms with Gasteiger partial charge in [0.1, 0.15) is 24.4 Å². The molecule has 1 aliphatic heterocycles. The van der Waals surface area contributed by atoms with Crippen molar-refractivity contribution in [2.75, 3.05) is 13.2 Å². The van der Waals surface area contributed by atoms with Crippen molar-refractivity contribution in [3.05, 3.63) is 12.2 Å². The summed E-state index contributed by atoms with van der Waals surface area (Å²) >= 11 is 0. The molecule has 0 aromatic rings. The minimum absolute atomic E-state index is 0.258. The van der Waals surface area contributed by atoms with E-state index in [1.54, 1.807) is 6.08 Å². The number of hydrogen-bond acceptors (Lipinski definition) is 10. The van der Waals surface area contributed by atoms with Crippen molar-refractivity contribution in [3.8, 4) is 0 Å². The van der Waals surface area contributed by atoms with Crippen LogP contribution in [0.1, 0.15) is 239 Å². The van der Waals surface area contributed by atoms with Crippen molar-refractivity contribution in [2.45, 2.75) is 281 Å². The molecule has 12 nitrogen and oxygen atoms in total. The summed E-state index contributed by atoms with van der Waals surface area (Å²) in [6, 6.07) is -0.938. The van der Waals surface area contributed by atoms with Crippen LogP contribution in [0, 0.1) is 0 Å². The van der Waals surface area contributed by atoms with Crippen LogP contribution in [0.2, 0.25) is 0 Å². The second-order valence-electron chi connectivity index (χ2n) is 18.1. The molecule has 0 spiro atoms. The molecule has 1 amide bonds. The quantitative estimate of drug-likeness (QED) is 0.0194. The Hall–Kier alpha value is -1.16. The van der Waals surface area contributed by atoms with Crippen molar-refractivity contribution in [2.24, 2.45) is 0 Å². The standard InChI is InChI=1S/C49H95NO11S/c1-3-5-7-9-11-13-15-17-19-20-21-22-23-24-25-27-29-31-33-35-37-39-45(53)50-42(41-59-49-47(55)48(61-62(56,57)58)46(54)44(40-51)60-49)43(52)38-36-34-32-30-28-26-18-16-14-12-10-8-6-4-2/h36,38,42-44,46-49,51-52,54-55H,3-35,37,39-41H2,1-2H3,(H,50,53)(H,56,57,58)/b38-36+. The number of nitrogens with one attached hydrogen (secondary N) is 1. The summed E-state index contributed by atoms with van der Waals surface area (Å²) in [6.45, 7) is 3.41. The number of unbranched alkanes of at least 4 members (excludes halogenated alkanes) is 32. The van der Waals surface area contributed by atoms with E-state index in [0.717, 1.165) is 38.5 Å². The van der Waals surface area contributed by atoms with Gasteiger partial charge in [0, 0.05) is 6.42 Å². The van der Waals surface area contributed by atoms with Crippen LogP contribution in [0.15, 0.2) is 12.2 Å². The third kappa shape index (κ3) is 32.5. The molecule has 368 valence electrons. The lowest BCUT2D eigenvalue weighted by Gasteiger charge is -2.41. The van der Waals surface area contributed by atoms with Gasteiger partial charge in [-0.05, 0) is 19.3 Å². The molecule has 1 saturated heterocycles. The molecule has 0 bridgehead atoms. The molecule has 62 heavy (non-hydrogen) atoms. The molecule has 1 heterocycles. The second kappa shape index (κ2) is 40.1. The molecule has 0 aromatic carbocycles. The van der Waals surface area contributed by atoms with Crippen LogP contribution in [-0.4, -0.2) is 95.4 Å². The van der Waals surface area contributed by atoms with Crippen molar-refractivity contribution in [3.63, 3.8) is 0 Å². The lowest BCUT2D eigenvalue weighted by molar-refractivity contribution is -0.298. The molecule has 1 fully saturated rings. The fourth-order valence-electron chi connectivity index (χ4n) is 8.34. The van der Waals surface area contributed by atoms with E-state index in [1.807, 2.05) is 6.08 Å². The van der Waals surface area contributed by atoms with Gasteiger partial charge in [-0.15, -0.1) is 0 Å². The molecule has 7 atom stereocenters. The van der Waals surface area contributed by atoms with Crippen molar-refractivity contribution < 1.29 is 51.8 Å². The van der Waals surface area contributed by atoms with Crippen LogP contribution in [-0.2, 0) is 28.9 Å². The monoisotopic (exact) mass is 906 g/mol. The molecular weight excluding hydrogens is 811 g/mol. The predicted octanol–water partition coefficient (Wildman–Crippen LogP) is 10.7. The molecular formula is C49H95NO11S. The van der Waals surface area contributed by atoms with Gasteiger partial charge in [0.25, 0.3) is 0 Å². The molecule has 7 unspecified atom stereocenters. The molecule has 0 radical (unpaired) electrons. The van der Waals surface area contributed by atoms with Crippen molar-refractivity contribution in [1.29, 1.82) is 0 Å². The smallest absolute Gasteiger partial charge is 0.394 e. The highest BCUT2D eigenvalue weighted by atomic mass is 32.3. The molecule has 0 aliphatic carbocycles. The second-order valence-corrected chi connectivity index (χ2v) is 19.2. The number of carbonyl (C=O) groups is 1. The van der Waals surface area contributed by atoms with Gasteiger partial charge in [0.2, 0.25) is 5.91 Å². The van der Waals surface area contributed by atoms with Crippen LogP contribution in [0.3, 0.4) is 0 Å². The third-order valence-corrected chi connectivity index (χ3v) is 12.8. The highest BCUT2D eigenvalue weighted by Gasteiger charge is 2.48. The Bertz CT molecular complexity index is 1160. The summed E-state index contributed by atoms with van der Waals surface area (Å²) in [4.78, 5) is 13.1. The van der Waals surface area contributed by atoms with E-state index in [4.69, 9.17) is 9.47 Å². The number of aliphatic hydroxyl groups is 4. The maximum absolute atomic E-state index is 13.1. The molecule has 13 heteroatoms. The van der Waals surface area contributed by atoms with E-state index in [-0.39, 0.29) is 18.9 Å². The Morgan fingerprint density at radius 2 is 1.02 bits per heavy atom. The first-order valence-corrected chi connectivity index (χ1v) is 26.9. The van der Waals surface area contributed by atoms with Gasteiger partial charge >= 0.3 is 10.4 Å². The zero-order valence-electron chi connectivity index (χ0n) is 39.5. The van der Waals surface area contributed by atoms with Gasteiger partial charge < -0.3 is 35.2 Å². The van der Waals surface area contributed by atoms with Crippen LogP contribution in [0.5, 0.6) is 0 Å². The Morgan fingerprint density at radius 1 is 0.629 bits per heavy atom. The Labute approximate surface area is 379 Å². The topological polar surface area (TPSA) is 192 Å². The Balaban J connectivity index is 2.42. The van der Waals surface area contributed by atoms with E-state index < -0.39 is 59.9 Å². The van der Waals surface area contributed by atoms with Gasteiger partial charge in [0.05, 0.1) is 25.4 Å². The maximum Gasteiger partial charge on any atom is 0.397 e. The van der Waals surface area contributed by atoms with Gasteiger partial charge in [-0.3, -0.25) is 9.35 Å². The summed E-state index contributed by atoms with van der Waals surface area (Å²) in [5.74, 6) is -0.258. The molecule has 1 aliphatic rings. The average Bonchev–Trinajstić information content (AvgIpc) is 3.24. The normalized spacial score (nSPS) is 20.5. The minimum atomic E-state index is -5.08.